The molecule has 4 amide bonds. The molecule has 1 aromatic heterocycles. The number of likely N-dealkylation sites (tertiary alicyclic amines) is 1. The zero-order valence-electron chi connectivity index (χ0n) is 58.1. The number of methoxy groups -OCH3 is 1. The predicted molar refractivity (Wildman–Crippen MR) is 392 cm³/mol. The Morgan fingerprint density at radius 1 is 0.604 bits per heavy atom. The lowest BCUT2D eigenvalue weighted by Gasteiger charge is -2.28. The molecule has 5 N–H and O–H groups in total. The first-order valence-corrected chi connectivity index (χ1v) is 37.3. The molecule has 0 radical (unpaired) electrons. The Morgan fingerprint density at radius 2 is 1.20 bits per heavy atom. The summed E-state index contributed by atoms with van der Waals surface area (Å²) in [4.78, 5) is 72.3. The third kappa shape index (κ3) is 22.5. The number of hydrogen-bond acceptors (Lipinski definition) is 13. The second kappa shape index (κ2) is 38.8. The number of pyridine rings is 1. The van der Waals surface area contributed by atoms with Gasteiger partial charge in [-0.1, -0.05) is 140 Å². The molecule has 11 rings (SSSR count). The van der Waals surface area contributed by atoms with E-state index in [9.17, 15) is 67.2 Å². The summed E-state index contributed by atoms with van der Waals surface area (Å²) in [5, 5.41) is 11.0. The lowest BCUT2D eigenvalue weighted by atomic mass is 9.95. The van der Waals surface area contributed by atoms with Gasteiger partial charge < -0.3 is 30.9 Å². The fourth-order valence-corrected chi connectivity index (χ4v) is 14.4. The molecule has 0 bridgehead atoms. The van der Waals surface area contributed by atoms with Gasteiger partial charge in [0.15, 0.2) is 23.3 Å². The maximum Gasteiger partial charge on any atom is 0.338 e. The van der Waals surface area contributed by atoms with Gasteiger partial charge in [0, 0.05) is 78.8 Å². The number of amides is 4. The molecule has 1 unspecified atom stereocenters. The summed E-state index contributed by atoms with van der Waals surface area (Å²) in [6.07, 6.45) is 8.35. The van der Waals surface area contributed by atoms with E-state index in [4.69, 9.17) is 27.9 Å². The summed E-state index contributed by atoms with van der Waals surface area (Å²) in [7, 11) is -6.26. The molecule has 0 spiro atoms. The highest BCUT2D eigenvalue weighted by Crippen LogP contribution is 2.37. The molecular weight excluding hydrogens is 1460 g/mol. The van der Waals surface area contributed by atoms with Crippen molar-refractivity contribution in [3.8, 4) is 0 Å². The number of nitrogens with zero attached hydrogens (tertiary/aromatic N) is 4. The van der Waals surface area contributed by atoms with Crippen LogP contribution in [0.2, 0.25) is 5.02 Å². The van der Waals surface area contributed by atoms with E-state index in [1.54, 1.807) is 72.4 Å². The molecule has 0 aliphatic carbocycles. The van der Waals surface area contributed by atoms with Crippen LogP contribution in [0.4, 0.5) is 26.3 Å². The van der Waals surface area contributed by atoms with Gasteiger partial charge in [0.05, 0.1) is 39.3 Å². The Kier molecular flexibility index (Phi) is 29.9. The Morgan fingerprint density at radius 3 is 1.82 bits per heavy atom. The third-order valence-electron chi connectivity index (χ3n) is 16.8. The van der Waals surface area contributed by atoms with Crippen LogP contribution in [-0.4, -0.2) is 106 Å². The average molecular weight is 1540 g/mol. The van der Waals surface area contributed by atoms with Gasteiger partial charge >= 0.3 is 5.97 Å². The summed E-state index contributed by atoms with van der Waals surface area (Å²) in [6, 6.07) is 42.9. The number of benzene rings is 7. The maximum absolute atomic E-state index is 14.1. The lowest BCUT2D eigenvalue weighted by Crippen LogP contribution is -2.41. The van der Waals surface area contributed by atoms with Crippen LogP contribution >= 0.6 is 23.2 Å². The van der Waals surface area contributed by atoms with E-state index in [2.05, 4.69) is 36.0 Å². The summed E-state index contributed by atoms with van der Waals surface area (Å²) >= 11 is 12.7. The first kappa shape index (κ1) is 81.6. The highest BCUT2D eigenvalue weighted by molar-refractivity contribution is 7.89. The normalized spacial score (nSPS) is 15.1. The van der Waals surface area contributed by atoms with Gasteiger partial charge in [-0.15, -0.1) is 0 Å². The highest BCUT2D eigenvalue weighted by atomic mass is 35.5. The van der Waals surface area contributed by atoms with Gasteiger partial charge in [0.2, 0.25) is 20.0 Å². The Labute approximate surface area is 621 Å². The Bertz CT molecular complexity index is 4790. The molecule has 7 aromatic carbocycles. The van der Waals surface area contributed by atoms with Crippen LogP contribution in [0.15, 0.2) is 214 Å². The molecule has 19 nitrogen and oxygen atoms in total. The van der Waals surface area contributed by atoms with Crippen LogP contribution in [0.5, 0.6) is 0 Å². The molecule has 29 heteroatoms. The summed E-state index contributed by atoms with van der Waals surface area (Å²) in [5.74, 6) is -7.77. The van der Waals surface area contributed by atoms with Crippen LogP contribution in [0.3, 0.4) is 0 Å². The first-order chi connectivity index (χ1) is 50.7. The van der Waals surface area contributed by atoms with Crippen molar-refractivity contribution in [3.63, 3.8) is 0 Å². The van der Waals surface area contributed by atoms with E-state index in [1.807, 2.05) is 66.7 Å². The van der Waals surface area contributed by atoms with Crippen molar-refractivity contribution in [1.29, 1.82) is 0 Å². The number of halogens is 8. The zero-order chi connectivity index (χ0) is 76.7. The number of hydrogen-bond donors (Lipinski definition) is 5. The Hall–Kier alpha value is -10.0. The standard InChI is InChI=1S/C21H21ClN2O2.C20H24N2O3S.C18H13ClF3N3O2.C18H19F3N2O3S/c22-18(16-10-4-1-5-11-16)19(21(26)24-14-8-3-9-15-24)23-20(25)17-12-6-2-7-13-17;23-20(21-16-17-9-4-3-5-10-17)18-11-8-12-19(15-18)26(24,25)22-13-6-1-2-7-14-22;1-8-14(18(26)27-2)15(11-4-3-9(20)5-12(11)19)25-17(24-8)16-13(22)6-10(21)7-23-16;1-3-11(2)23-27(25,26)13-5-7-15(19)14(9-13)18(24)22-10-12-4-6-16(20)17(21)8-12/h1-2,4-7,10-13H,3,8-9,14-15H2,(H,23,25);3-5,8-12,15H,1-2,6-7,13-14,16H2,(H,21,23);3-7,15H,1-2H3,(H,24,25);4-9,11,23H,3,10H2,1-2H3,(H,22,24)/b19-18+;;;/t;;15-;/m..0./s1. The van der Waals surface area contributed by atoms with Gasteiger partial charge in [-0.25, -0.2) is 57.7 Å². The van der Waals surface area contributed by atoms with Crippen molar-refractivity contribution >= 4 is 83.7 Å². The van der Waals surface area contributed by atoms with Gasteiger partial charge in [-0.2, -0.15) is 4.31 Å². The second-order valence-electron chi connectivity index (χ2n) is 24.4. The van der Waals surface area contributed by atoms with Crippen molar-refractivity contribution in [1.82, 2.24) is 40.2 Å². The maximum atomic E-state index is 14.1. The molecule has 8 aromatic rings. The van der Waals surface area contributed by atoms with Gasteiger partial charge in [0.1, 0.15) is 34.9 Å². The van der Waals surface area contributed by atoms with E-state index in [0.717, 1.165) is 93.1 Å². The quantitative estimate of drug-likeness (QED) is 0.0288. The number of aromatic nitrogens is 1. The highest BCUT2D eigenvalue weighted by Gasteiger charge is 2.34. The predicted octanol–water partition coefficient (Wildman–Crippen LogP) is 14.0. The number of nitrogens with one attached hydrogen (secondary N) is 5. The molecule has 3 aliphatic rings. The SMILES string of the molecule is CCC(C)NS(=O)(=O)c1ccc(F)c(C(=O)NCc2ccc(F)c(F)c2)c1.COC(=O)C1=C(C)NC(c2ncc(F)cc2F)=N[C@H]1c1ccc(F)cc1Cl.O=C(N/C(C(=O)N1CCCCC1)=C(/Cl)c1ccccc1)c1ccccc1.O=C(NCc1ccccc1)c1cccc(S(=O)(=O)N2CCCCCC2)c1. The van der Waals surface area contributed by atoms with E-state index in [1.165, 1.54) is 31.4 Å². The first-order valence-electron chi connectivity index (χ1n) is 33.7. The van der Waals surface area contributed by atoms with Crippen LogP contribution in [0.1, 0.15) is 137 Å². The van der Waals surface area contributed by atoms with Crippen molar-refractivity contribution in [2.24, 2.45) is 4.99 Å². The summed E-state index contributed by atoms with van der Waals surface area (Å²) in [6.45, 7) is 7.73. The fourth-order valence-electron chi connectivity index (χ4n) is 11.0. The minimum Gasteiger partial charge on any atom is -0.466 e. The van der Waals surface area contributed by atoms with E-state index in [0.29, 0.717) is 73.2 Å². The largest absolute Gasteiger partial charge is 0.466 e. The molecule has 2 atom stereocenters. The lowest BCUT2D eigenvalue weighted by molar-refractivity contribution is -0.136. The number of allylic oxidation sites excluding steroid dienone is 1. The summed E-state index contributed by atoms with van der Waals surface area (Å²) < 4.78 is 140. The zero-order valence-corrected chi connectivity index (χ0v) is 61.2. The second-order valence-corrected chi connectivity index (χ2v) is 28.9. The number of amidine groups is 1. The molecule has 2 saturated heterocycles. The van der Waals surface area contributed by atoms with Crippen LogP contribution in [0, 0.1) is 34.9 Å². The molecule has 106 heavy (non-hydrogen) atoms. The van der Waals surface area contributed by atoms with Crippen molar-refractivity contribution < 1.29 is 71.9 Å². The number of aliphatic imine (C=N–C) groups is 1. The number of sulfonamides is 2. The minimum atomic E-state index is -3.91. The minimum absolute atomic E-state index is 0.0250. The third-order valence-corrected chi connectivity index (χ3v) is 21.0. The molecule has 3 aliphatic heterocycles. The number of carbonyl (C=O) groups is 5. The average Bonchev–Trinajstić information content (AvgIpc) is 0.823. The fraction of sp³-hybridized carbons (Fsp3) is 0.260. The number of esters is 1. The molecule has 4 heterocycles. The monoisotopic (exact) mass is 1540 g/mol. The van der Waals surface area contributed by atoms with Crippen LogP contribution < -0.4 is 26.0 Å². The topological polar surface area (TPSA) is 255 Å². The molecule has 558 valence electrons. The van der Waals surface area contributed by atoms with E-state index < -0.39 is 78.4 Å². The van der Waals surface area contributed by atoms with E-state index >= 15 is 0 Å². The number of piperidine rings is 1. The van der Waals surface area contributed by atoms with Crippen molar-refractivity contribution in [2.45, 2.75) is 107 Å². The number of rotatable bonds is 19. The number of ether oxygens (including phenoxy) is 1. The van der Waals surface area contributed by atoms with E-state index in [-0.39, 0.29) is 78.5 Å². The molecule has 0 saturated carbocycles. The van der Waals surface area contributed by atoms with Crippen LogP contribution in [-0.2, 0) is 47.5 Å². The molecular formula is C77H77Cl2F6N9O10S2. The van der Waals surface area contributed by atoms with Crippen LogP contribution in [0.25, 0.3) is 5.03 Å². The van der Waals surface area contributed by atoms with Crippen molar-refractivity contribution in [2.75, 3.05) is 33.3 Å². The molecule has 2 fully saturated rings. The number of carbonyl (C=O) groups excluding carboxylic acids is 5. The van der Waals surface area contributed by atoms with Gasteiger partial charge in [0.25, 0.3) is 23.6 Å². The Balaban J connectivity index is 0.000000178. The van der Waals surface area contributed by atoms with Gasteiger partial charge in [-0.05, 0) is 142 Å². The summed E-state index contributed by atoms with van der Waals surface area (Å²) in [5.41, 5.74) is 2.99. The van der Waals surface area contributed by atoms with Crippen molar-refractivity contribution in [3.05, 3.63) is 284 Å². The van der Waals surface area contributed by atoms with Gasteiger partial charge in [-0.3, -0.25) is 24.2 Å². The smallest absolute Gasteiger partial charge is 0.338 e.